The number of carboxylic acid groups (broad SMARTS) is 1. The molecule has 228 valence electrons. The number of fused-ring (bicyclic) bond motifs is 3. The number of carbonyl (C=O) groups is 1. The van der Waals surface area contributed by atoms with Crippen molar-refractivity contribution >= 4 is 23.3 Å². The van der Waals surface area contributed by atoms with E-state index in [-0.39, 0.29) is 11.3 Å². The van der Waals surface area contributed by atoms with Crippen molar-refractivity contribution in [2.75, 3.05) is 11.9 Å². The third-order valence-corrected chi connectivity index (χ3v) is 10.5. The number of benzene rings is 2. The summed E-state index contributed by atoms with van der Waals surface area (Å²) in [5.41, 5.74) is 3.61. The van der Waals surface area contributed by atoms with E-state index in [2.05, 4.69) is 41.5 Å². The second-order valence-electron chi connectivity index (χ2n) is 12.9. The minimum absolute atomic E-state index is 0.0971. The fraction of sp³-hybridized carbons (Fsp3) is 0.486. The average molecular weight is 609 g/mol. The molecular formula is C35H39ClF2N2O3. The van der Waals surface area contributed by atoms with E-state index in [1.165, 1.54) is 11.1 Å². The molecule has 1 spiro atoms. The van der Waals surface area contributed by atoms with Gasteiger partial charge in [0, 0.05) is 22.5 Å². The second kappa shape index (κ2) is 12.1. The SMILES string of the molecule is C[C@@H](COc1ccnc2c1CCC[C@@H]2C(F)F)C[C@H]1Cc2ccccc2C12CCC(Nc1cccc(Cl)c1)(C(=O)O)CC2. The summed E-state index contributed by atoms with van der Waals surface area (Å²) < 4.78 is 33.6. The first-order valence-corrected chi connectivity index (χ1v) is 15.8. The Morgan fingerprint density at radius 3 is 2.67 bits per heavy atom. The number of nitrogens with zero attached hydrogens (tertiary/aromatic N) is 1. The van der Waals surface area contributed by atoms with Crippen molar-refractivity contribution in [3.8, 4) is 5.75 Å². The Morgan fingerprint density at radius 2 is 1.93 bits per heavy atom. The maximum absolute atomic E-state index is 13.7. The molecule has 1 fully saturated rings. The smallest absolute Gasteiger partial charge is 0.329 e. The van der Waals surface area contributed by atoms with Crippen molar-refractivity contribution in [2.45, 2.75) is 88.0 Å². The zero-order valence-corrected chi connectivity index (χ0v) is 25.3. The first-order valence-electron chi connectivity index (χ1n) is 15.4. The van der Waals surface area contributed by atoms with E-state index >= 15 is 0 Å². The molecule has 1 aromatic heterocycles. The van der Waals surface area contributed by atoms with Crippen molar-refractivity contribution in [3.63, 3.8) is 0 Å². The standard InChI is InChI=1S/C35H39ClF2N2O3/c1-22(21-43-30-12-17-39-31-27(30)9-5-10-28(31)32(37)38)18-24-19-23-6-2-3-11-29(23)34(24)13-15-35(16-14-34,33(41)42)40-26-8-4-7-25(36)20-26/h2-4,6-8,11-12,17,20,22,24,28,32,40H,5,9-10,13-16,18-19,21H2,1H3,(H,41,42)/t22-,24+,28+,34?,35?/m1/s1. The lowest BCUT2D eigenvalue weighted by Gasteiger charge is -2.47. The van der Waals surface area contributed by atoms with Crippen LogP contribution in [0, 0.1) is 11.8 Å². The summed E-state index contributed by atoms with van der Waals surface area (Å²) in [6.07, 6.45) is 5.53. The van der Waals surface area contributed by atoms with Crippen molar-refractivity contribution < 1.29 is 23.4 Å². The Hall–Kier alpha value is -3.19. The molecule has 43 heavy (non-hydrogen) atoms. The van der Waals surface area contributed by atoms with Gasteiger partial charge in [-0.2, -0.15) is 0 Å². The molecule has 3 aliphatic carbocycles. The highest BCUT2D eigenvalue weighted by atomic mass is 35.5. The van der Waals surface area contributed by atoms with Gasteiger partial charge >= 0.3 is 5.97 Å². The molecule has 2 aromatic carbocycles. The van der Waals surface area contributed by atoms with E-state index < -0.39 is 23.9 Å². The van der Waals surface area contributed by atoms with Crippen LogP contribution < -0.4 is 10.1 Å². The number of aromatic nitrogens is 1. The quantitative estimate of drug-likeness (QED) is 0.255. The molecule has 3 atom stereocenters. The number of halogens is 3. The van der Waals surface area contributed by atoms with E-state index in [9.17, 15) is 18.7 Å². The van der Waals surface area contributed by atoms with Gasteiger partial charge in [-0.3, -0.25) is 4.98 Å². The van der Waals surface area contributed by atoms with Crippen molar-refractivity contribution in [1.82, 2.24) is 4.98 Å². The van der Waals surface area contributed by atoms with Crippen LogP contribution in [0.1, 0.15) is 80.2 Å². The van der Waals surface area contributed by atoms with E-state index in [0.29, 0.717) is 61.1 Å². The molecule has 0 radical (unpaired) electrons. The molecule has 3 aliphatic rings. The normalized spacial score (nSPS) is 27.0. The van der Waals surface area contributed by atoms with E-state index in [1.807, 2.05) is 18.2 Å². The summed E-state index contributed by atoms with van der Waals surface area (Å²) in [6.45, 7) is 2.69. The first kappa shape index (κ1) is 29.9. The van der Waals surface area contributed by atoms with E-state index in [0.717, 1.165) is 36.9 Å². The molecule has 0 amide bonds. The summed E-state index contributed by atoms with van der Waals surface area (Å²) in [7, 11) is 0. The molecule has 6 rings (SSSR count). The lowest BCUT2D eigenvalue weighted by molar-refractivity contribution is -0.144. The van der Waals surface area contributed by atoms with Crippen LogP contribution in [0.25, 0.3) is 0 Å². The Balaban J connectivity index is 1.18. The summed E-state index contributed by atoms with van der Waals surface area (Å²) in [6, 6.07) is 17.7. The number of nitrogens with one attached hydrogen (secondary N) is 1. The van der Waals surface area contributed by atoms with Crippen LogP contribution in [-0.2, 0) is 23.1 Å². The van der Waals surface area contributed by atoms with Crippen LogP contribution in [0.4, 0.5) is 14.5 Å². The lowest BCUT2D eigenvalue weighted by atomic mass is 9.59. The van der Waals surface area contributed by atoms with Gasteiger partial charge in [-0.15, -0.1) is 0 Å². The van der Waals surface area contributed by atoms with Crippen LogP contribution in [0.3, 0.4) is 0 Å². The van der Waals surface area contributed by atoms with Crippen LogP contribution in [0.15, 0.2) is 60.8 Å². The molecule has 1 saturated carbocycles. The van der Waals surface area contributed by atoms with Crippen molar-refractivity contribution in [1.29, 1.82) is 0 Å². The predicted molar refractivity (Wildman–Crippen MR) is 164 cm³/mol. The van der Waals surface area contributed by atoms with E-state index in [4.69, 9.17) is 16.3 Å². The molecule has 0 saturated heterocycles. The topological polar surface area (TPSA) is 71.5 Å². The van der Waals surface area contributed by atoms with E-state index in [1.54, 1.807) is 18.3 Å². The van der Waals surface area contributed by atoms with Crippen LogP contribution >= 0.6 is 11.6 Å². The Bertz CT molecular complexity index is 1470. The van der Waals surface area contributed by atoms with Crippen molar-refractivity contribution in [2.24, 2.45) is 11.8 Å². The zero-order chi connectivity index (χ0) is 30.2. The van der Waals surface area contributed by atoms with Gasteiger partial charge in [0.05, 0.1) is 18.2 Å². The number of hydrogen-bond acceptors (Lipinski definition) is 4. The first-order chi connectivity index (χ1) is 20.7. The Morgan fingerprint density at radius 1 is 1.14 bits per heavy atom. The highest BCUT2D eigenvalue weighted by Crippen LogP contribution is 2.56. The van der Waals surface area contributed by atoms with Crippen molar-refractivity contribution in [3.05, 3.63) is 88.2 Å². The third kappa shape index (κ3) is 5.73. The second-order valence-corrected chi connectivity index (χ2v) is 13.3. The summed E-state index contributed by atoms with van der Waals surface area (Å²) in [5, 5.41) is 14.3. The zero-order valence-electron chi connectivity index (χ0n) is 24.5. The molecule has 8 heteroatoms. The van der Waals surface area contributed by atoms with Crippen LogP contribution in [0.5, 0.6) is 5.75 Å². The molecule has 0 unspecified atom stereocenters. The lowest BCUT2D eigenvalue weighted by Crippen LogP contribution is -2.53. The number of hydrogen-bond donors (Lipinski definition) is 2. The number of ether oxygens (including phenoxy) is 1. The summed E-state index contributed by atoms with van der Waals surface area (Å²) in [4.78, 5) is 17.0. The average Bonchev–Trinajstić information content (AvgIpc) is 3.29. The highest BCUT2D eigenvalue weighted by molar-refractivity contribution is 6.30. The van der Waals surface area contributed by atoms with Gasteiger partial charge in [-0.05, 0) is 110 Å². The maximum Gasteiger partial charge on any atom is 0.329 e. The number of carboxylic acids is 1. The van der Waals surface area contributed by atoms with Crippen LogP contribution in [-0.4, -0.2) is 34.6 Å². The third-order valence-electron chi connectivity index (χ3n) is 10.3. The number of rotatable bonds is 9. The summed E-state index contributed by atoms with van der Waals surface area (Å²) in [5.74, 6) is -0.385. The molecule has 1 heterocycles. The molecule has 2 N–H and O–H groups in total. The number of anilines is 1. The number of pyridine rings is 1. The Kier molecular flexibility index (Phi) is 8.38. The fourth-order valence-electron chi connectivity index (χ4n) is 8.07. The van der Waals surface area contributed by atoms with Gasteiger partial charge in [-0.25, -0.2) is 13.6 Å². The van der Waals surface area contributed by atoms with Crippen LogP contribution in [0.2, 0.25) is 5.02 Å². The monoisotopic (exact) mass is 608 g/mol. The van der Waals surface area contributed by atoms with Gasteiger partial charge in [-0.1, -0.05) is 48.9 Å². The minimum atomic E-state index is -2.42. The minimum Gasteiger partial charge on any atom is -0.493 e. The number of alkyl halides is 2. The van der Waals surface area contributed by atoms with Gasteiger partial charge in [0.25, 0.3) is 0 Å². The van der Waals surface area contributed by atoms with Gasteiger partial charge in [0.1, 0.15) is 11.3 Å². The largest absolute Gasteiger partial charge is 0.493 e. The molecular weight excluding hydrogens is 570 g/mol. The summed E-state index contributed by atoms with van der Waals surface area (Å²) >= 11 is 6.20. The molecule has 3 aromatic rings. The number of aliphatic carboxylic acids is 1. The molecule has 0 aliphatic heterocycles. The Labute approximate surface area is 257 Å². The fourth-order valence-corrected chi connectivity index (χ4v) is 8.26. The predicted octanol–water partition coefficient (Wildman–Crippen LogP) is 8.44. The molecule has 0 bridgehead atoms. The van der Waals surface area contributed by atoms with Gasteiger partial charge in [0.15, 0.2) is 0 Å². The van der Waals surface area contributed by atoms with Gasteiger partial charge < -0.3 is 15.2 Å². The maximum atomic E-state index is 13.7. The highest BCUT2D eigenvalue weighted by Gasteiger charge is 2.54. The van der Waals surface area contributed by atoms with Gasteiger partial charge in [0.2, 0.25) is 6.43 Å². The molecule has 5 nitrogen and oxygen atoms in total.